The van der Waals surface area contributed by atoms with Crippen LogP contribution in [0.2, 0.25) is 0 Å². The van der Waals surface area contributed by atoms with E-state index in [0.717, 1.165) is 54.9 Å². The third-order valence-electron chi connectivity index (χ3n) is 3.33. The van der Waals surface area contributed by atoms with Crippen LogP contribution in [0.25, 0.3) is 0 Å². The number of amides is 1. The van der Waals surface area contributed by atoms with Crippen molar-refractivity contribution in [3.8, 4) is 0 Å². The Kier molecular flexibility index (Phi) is 4.74. The van der Waals surface area contributed by atoms with Crippen LogP contribution in [-0.2, 0) is 11.2 Å². The van der Waals surface area contributed by atoms with E-state index in [9.17, 15) is 4.79 Å². The molecule has 19 heavy (non-hydrogen) atoms. The van der Waals surface area contributed by atoms with Crippen molar-refractivity contribution in [1.29, 1.82) is 0 Å². The first kappa shape index (κ1) is 14.2. The average molecular weight is 327 g/mol. The van der Waals surface area contributed by atoms with Gasteiger partial charge in [0.25, 0.3) is 0 Å². The van der Waals surface area contributed by atoms with E-state index in [0.29, 0.717) is 0 Å². The van der Waals surface area contributed by atoms with Crippen molar-refractivity contribution in [2.45, 2.75) is 45.1 Å². The molecular formula is C13H19BrN4O. The Hall–Kier alpha value is -1.17. The lowest BCUT2D eigenvalue weighted by molar-refractivity contribution is -0.119. The minimum Gasteiger partial charge on any atom is -0.368 e. The number of piperidine rings is 1. The molecule has 6 heteroatoms. The van der Waals surface area contributed by atoms with Crippen LogP contribution >= 0.6 is 15.9 Å². The fourth-order valence-electron chi connectivity index (χ4n) is 2.44. The molecule has 0 saturated carbocycles. The molecule has 1 unspecified atom stereocenters. The van der Waals surface area contributed by atoms with Gasteiger partial charge in [-0.25, -0.2) is 9.97 Å². The van der Waals surface area contributed by atoms with Gasteiger partial charge in [-0.1, -0.05) is 6.92 Å². The predicted octanol–water partition coefficient (Wildman–Crippen LogP) is 2.04. The lowest BCUT2D eigenvalue weighted by atomic mass is 10.0. The number of carbonyl (C=O) groups excluding carboxylic acids is 1. The molecule has 104 valence electrons. The van der Waals surface area contributed by atoms with Crippen molar-refractivity contribution in [3.05, 3.63) is 16.5 Å². The molecule has 2 N–H and O–H groups in total. The zero-order chi connectivity index (χ0) is 13.8. The molecule has 1 aromatic rings. The van der Waals surface area contributed by atoms with E-state index < -0.39 is 0 Å². The van der Waals surface area contributed by atoms with E-state index in [2.05, 4.69) is 32.8 Å². The van der Waals surface area contributed by atoms with E-state index in [4.69, 9.17) is 5.73 Å². The largest absolute Gasteiger partial charge is 0.368 e. The summed E-state index contributed by atoms with van der Waals surface area (Å²) >= 11 is 3.41. The first-order valence-corrected chi connectivity index (χ1v) is 7.50. The van der Waals surface area contributed by atoms with Crippen LogP contribution < -0.4 is 10.6 Å². The van der Waals surface area contributed by atoms with Gasteiger partial charge in [0.05, 0.1) is 0 Å². The van der Waals surface area contributed by atoms with Crippen molar-refractivity contribution in [2.75, 3.05) is 11.4 Å². The summed E-state index contributed by atoms with van der Waals surface area (Å²) < 4.78 is 0.759. The smallest absolute Gasteiger partial charge is 0.240 e. The standard InChI is InChI=1S/C13H19BrN4O/c1-2-5-11-16-10(14)8-12(17-11)18-7-4-3-6-9(18)13(15)19/h8-9H,2-7H2,1H3,(H2,15,19). The van der Waals surface area contributed by atoms with Crippen molar-refractivity contribution in [1.82, 2.24) is 9.97 Å². The molecule has 1 amide bonds. The number of halogens is 1. The number of aryl methyl sites for hydroxylation is 1. The topological polar surface area (TPSA) is 72.1 Å². The first-order chi connectivity index (χ1) is 9.11. The van der Waals surface area contributed by atoms with Crippen LogP contribution in [0.5, 0.6) is 0 Å². The van der Waals surface area contributed by atoms with Crippen molar-refractivity contribution >= 4 is 27.7 Å². The Morgan fingerprint density at radius 3 is 3.00 bits per heavy atom. The van der Waals surface area contributed by atoms with Gasteiger partial charge >= 0.3 is 0 Å². The molecule has 5 nitrogen and oxygen atoms in total. The Morgan fingerprint density at radius 2 is 2.32 bits per heavy atom. The molecule has 0 aliphatic carbocycles. The summed E-state index contributed by atoms with van der Waals surface area (Å²) in [6.07, 6.45) is 4.74. The van der Waals surface area contributed by atoms with E-state index >= 15 is 0 Å². The zero-order valence-corrected chi connectivity index (χ0v) is 12.7. The number of rotatable bonds is 4. The lowest BCUT2D eigenvalue weighted by Crippen LogP contribution is -2.48. The Balaban J connectivity index is 2.30. The van der Waals surface area contributed by atoms with E-state index in [1.54, 1.807) is 0 Å². The van der Waals surface area contributed by atoms with Gasteiger partial charge in [0.1, 0.15) is 22.3 Å². The molecule has 1 atom stereocenters. The summed E-state index contributed by atoms with van der Waals surface area (Å²) in [5, 5.41) is 0. The third kappa shape index (κ3) is 3.43. The molecule has 1 aliphatic rings. The Morgan fingerprint density at radius 1 is 1.53 bits per heavy atom. The fourth-order valence-corrected chi connectivity index (χ4v) is 2.85. The van der Waals surface area contributed by atoms with Crippen molar-refractivity contribution < 1.29 is 4.79 Å². The normalized spacial score (nSPS) is 19.5. The molecule has 1 aliphatic heterocycles. The molecule has 2 heterocycles. The van der Waals surface area contributed by atoms with Gasteiger partial charge < -0.3 is 10.6 Å². The summed E-state index contributed by atoms with van der Waals surface area (Å²) in [4.78, 5) is 22.5. The third-order valence-corrected chi connectivity index (χ3v) is 3.73. The van der Waals surface area contributed by atoms with E-state index in [1.807, 2.05) is 11.0 Å². The van der Waals surface area contributed by atoms with Gasteiger partial charge in [0, 0.05) is 19.0 Å². The molecular weight excluding hydrogens is 308 g/mol. The van der Waals surface area contributed by atoms with Gasteiger partial charge in [-0.15, -0.1) is 0 Å². The maximum atomic E-state index is 11.6. The number of carbonyl (C=O) groups is 1. The number of nitrogens with zero attached hydrogens (tertiary/aromatic N) is 3. The monoisotopic (exact) mass is 326 g/mol. The van der Waals surface area contributed by atoms with Crippen molar-refractivity contribution in [2.24, 2.45) is 5.73 Å². The van der Waals surface area contributed by atoms with Crippen LogP contribution in [0.15, 0.2) is 10.7 Å². The second-order valence-corrected chi connectivity index (χ2v) is 5.63. The molecule has 0 radical (unpaired) electrons. The van der Waals surface area contributed by atoms with E-state index in [-0.39, 0.29) is 11.9 Å². The highest BCUT2D eigenvalue weighted by molar-refractivity contribution is 9.10. The molecule has 0 aromatic carbocycles. The summed E-state index contributed by atoms with van der Waals surface area (Å²) in [6, 6.07) is 1.62. The second-order valence-electron chi connectivity index (χ2n) is 4.82. The number of hydrogen-bond acceptors (Lipinski definition) is 4. The number of nitrogens with two attached hydrogens (primary N) is 1. The molecule has 1 saturated heterocycles. The number of aromatic nitrogens is 2. The van der Waals surface area contributed by atoms with Gasteiger partial charge in [0.15, 0.2) is 0 Å². The highest BCUT2D eigenvalue weighted by Crippen LogP contribution is 2.25. The van der Waals surface area contributed by atoms with Crippen LogP contribution in [0.1, 0.15) is 38.4 Å². The van der Waals surface area contributed by atoms with Crippen LogP contribution in [0.4, 0.5) is 5.82 Å². The maximum Gasteiger partial charge on any atom is 0.240 e. The van der Waals surface area contributed by atoms with E-state index in [1.165, 1.54) is 0 Å². The first-order valence-electron chi connectivity index (χ1n) is 6.71. The van der Waals surface area contributed by atoms with Gasteiger partial charge in [0.2, 0.25) is 5.91 Å². The summed E-state index contributed by atoms with van der Waals surface area (Å²) in [7, 11) is 0. The highest BCUT2D eigenvalue weighted by atomic mass is 79.9. The number of anilines is 1. The summed E-state index contributed by atoms with van der Waals surface area (Å²) in [6.45, 7) is 2.92. The molecule has 2 rings (SSSR count). The van der Waals surface area contributed by atoms with Gasteiger partial charge in [-0.2, -0.15) is 0 Å². The predicted molar refractivity (Wildman–Crippen MR) is 77.9 cm³/mol. The molecule has 0 spiro atoms. The number of primary amides is 1. The van der Waals surface area contributed by atoms with Crippen molar-refractivity contribution in [3.63, 3.8) is 0 Å². The van der Waals surface area contributed by atoms with Gasteiger partial charge in [-0.3, -0.25) is 4.79 Å². The van der Waals surface area contributed by atoms with Crippen LogP contribution in [-0.4, -0.2) is 28.5 Å². The summed E-state index contributed by atoms with van der Waals surface area (Å²) in [5.41, 5.74) is 5.49. The quantitative estimate of drug-likeness (QED) is 0.859. The zero-order valence-electron chi connectivity index (χ0n) is 11.1. The Labute approximate surface area is 121 Å². The van der Waals surface area contributed by atoms with Crippen LogP contribution in [0, 0.1) is 0 Å². The molecule has 0 bridgehead atoms. The minimum atomic E-state index is -0.272. The second kappa shape index (κ2) is 6.32. The van der Waals surface area contributed by atoms with Crippen LogP contribution in [0.3, 0.4) is 0 Å². The molecule has 1 aromatic heterocycles. The molecule has 1 fully saturated rings. The van der Waals surface area contributed by atoms with Gasteiger partial charge in [-0.05, 0) is 41.6 Å². The fraction of sp³-hybridized carbons (Fsp3) is 0.615. The Bertz CT molecular complexity index is 466. The lowest BCUT2D eigenvalue weighted by Gasteiger charge is -2.34. The minimum absolute atomic E-state index is 0.245. The summed E-state index contributed by atoms with van der Waals surface area (Å²) in [5.74, 6) is 1.33. The SMILES string of the molecule is CCCc1nc(Br)cc(N2CCCCC2C(N)=O)n1. The maximum absolute atomic E-state index is 11.6. The highest BCUT2D eigenvalue weighted by Gasteiger charge is 2.28. The number of hydrogen-bond donors (Lipinski definition) is 1. The average Bonchev–Trinajstić information content (AvgIpc) is 2.38.